The molecular formula is C31H34FN5O2. The van der Waals surface area contributed by atoms with Crippen LogP contribution in [0.1, 0.15) is 62.0 Å². The van der Waals surface area contributed by atoms with Crippen molar-refractivity contribution in [1.82, 2.24) is 9.97 Å². The third-order valence-corrected chi connectivity index (χ3v) is 6.97. The van der Waals surface area contributed by atoms with Gasteiger partial charge in [-0.3, -0.25) is 5.41 Å². The molecule has 1 unspecified atom stereocenters. The van der Waals surface area contributed by atoms with Gasteiger partial charge in [0.2, 0.25) is 0 Å². The molecule has 5 N–H and O–H groups in total. The quantitative estimate of drug-likeness (QED) is 0.134. The number of nitrogen functional groups attached to an aromatic ring is 1. The summed E-state index contributed by atoms with van der Waals surface area (Å²) in [5.74, 6) is 0.807. The first kappa shape index (κ1) is 26.3. The summed E-state index contributed by atoms with van der Waals surface area (Å²) in [5, 5.41) is 11.1. The van der Waals surface area contributed by atoms with Crippen LogP contribution in [0.15, 0.2) is 72.9 Å². The fourth-order valence-corrected chi connectivity index (χ4v) is 4.96. The Balaban J connectivity index is 1.56. The molecule has 0 saturated heterocycles. The van der Waals surface area contributed by atoms with Gasteiger partial charge in [0.15, 0.2) is 11.6 Å². The summed E-state index contributed by atoms with van der Waals surface area (Å²) in [6.07, 6.45) is 6.91. The molecule has 8 heteroatoms. The lowest BCUT2D eigenvalue weighted by atomic mass is 9.97. The van der Waals surface area contributed by atoms with E-state index >= 15 is 4.39 Å². The summed E-state index contributed by atoms with van der Waals surface area (Å²) >= 11 is 0. The van der Waals surface area contributed by atoms with Crippen LogP contribution in [0.2, 0.25) is 0 Å². The van der Waals surface area contributed by atoms with Gasteiger partial charge in [-0.05, 0) is 68.5 Å². The number of ether oxygens (including phenoxy) is 2. The van der Waals surface area contributed by atoms with E-state index in [1.54, 1.807) is 30.5 Å². The highest BCUT2D eigenvalue weighted by Gasteiger charge is 2.27. The van der Waals surface area contributed by atoms with Crippen LogP contribution in [0.5, 0.6) is 11.5 Å². The number of rotatable bonds is 10. The number of halogens is 1. The van der Waals surface area contributed by atoms with Crippen LogP contribution in [-0.2, 0) is 0 Å². The van der Waals surface area contributed by atoms with Crippen molar-refractivity contribution in [3.63, 3.8) is 0 Å². The van der Waals surface area contributed by atoms with Crippen molar-refractivity contribution >= 4 is 11.5 Å². The first-order valence-electron chi connectivity index (χ1n) is 13.5. The summed E-state index contributed by atoms with van der Waals surface area (Å²) in [5.41, 5.74) is 9.12. The summed E-state index contributed by atoms with van der Waals surface area (Å²) in [7, 11) is 0. The minimum absolute atomic E-state index is 0.0168. The average molecular weight is 528 g/mol. The van der Waals surface area contributed by atoms with E-state index < -0.39 is 11.9 Å². The molecule has 1 aromatic heterocycles. The topological polar surface area (TPSA) is 109 Å². The van der Waals surface area contributed by atoms with Crippen molar-refractivity contribution < 1.29 is 13.9 Å². The van der Waals surface area contributed by atoms with Gasteiger partial charge in [-0.1, -0.05) is 36.8 Å². The van der Waals surface area contributed by atoms with Crippen LogP contribution in [-0.4, -0.2) is 28.5 Å². The predicted molar refractivity (Wildman–Crippen MR) is 152 cm³/mol. The predicted octanol–water partition coefficient (Wildman–Crippen LogP) is 6.81. The molecule has 0 amide bonds. The zero-order valence-corrected chi connectivity index (χ0v) is 22.0. The number of nitrogens with one attached hydrogen (secondary N) is 3. The van der Waals surface area contributed by atoms with E-state index in [1.807, 2.05) is 49.4 Å². The van der Waals surface area contributed by atoms with Gasteiger partial charge in [0.1, 0.15) is 23.5 Å². The molecular weight excluding hydrogens is 493 g/mol. The number of anilines is 1. The Hall–Kier alpha value is -4.33. The zero-order valence-electron chi connectivity index (χ0n) is 22.0. The Bertz CT molecular complexity index is 1400. The molecule has 1 fully saturated rings. The first-order chi connectivity index (χ1) is 19.0. The molecule has 0 spiro atoms. The van der Waals surface area contributed by atoms with Gasteiger partial charge in [-0.15, -0.1) is 0 Å². The molecule has 1 heterocycles. The number of hydrogen-bond acceptors (Lipinski definition) is 5. The fraction of sp³-hybridized carbons (Fsp3) is 0.290. The van der Waals surface area contributed by atoms with Gasteiger partial charge in [0, 0.05) is 22.9 Å². The Kier molecular flexibility index (Phi) is 8.10. The number of benzene rings is 3. The number of nitrogens with two attached hydrogens (primary N) is 1. The number of nitrogens with zero attached hydrogens (tertiary/aromatic N) is 1. The monoisotopic (exact) mass is 527 g/mol. The highest BCUT2D eigenvalue weighted by molar-refractivity contribution is 5.95. The number of amidine groups is 1. The van der Waals surface area contributed by atoms with E-state index in [0.29, 0.717) is 29.3 Å². The standard InChI is InChI=1S/C31H34FN5O2/c1-2-38-24-17-25(28(32)27(18-24)39-23-11-7-4-8-12-23)29(36-22-15-13-21(14-16-22)30(33)34)31-35-19-26(37-31)20-9-5-3-6-10-20/h3,5-6,9-10,13-19,23,29,36H,2,4,7-8,11-12H2,1H3,(H3,33,34)(H,35,37). The summed E-state index contributed by atoms with van der Waals surface area (Å²) in [6.45, 7) is 2.34. The van der Waals surface area contributed by atoms with Gasteiger partial charge in [-0.25, -0.2) is 9.37 Å². The molecule has 0 bridgehead atoms. The van der Waals surface area contributed by atoms with E-state index in [2.05, 4.69) is 15.3 Å². The van der Waals surface area contributed by atoms with Crippen LogP contribution < -0.4 is 20.5 Å². The van der Waals surface area contributed by atoms with Crippen molar-refractivity contribution in [3.05, 3.63) is 95.7 Å². The first-order valence-corrected chi connectivity index (χ1v) is 13.5. The lowest BCUT2D eigenvalue weighted by molar-refractivity contribution is 0.147. The Morgan fingerprint density at radius 1 is 1.10 bits per heavy atom. The highest BCUT2D eigenvalue weighted by atomic mass is 19.1. The van der Waals surface area contributed by atoms with Crippen molar-refractivity contribution in [1.29, 1.82) is 5.41 Å². The van der Waals surface area contributed by atoms with E-state index in [9.17, 15) is 0 Å². The minimum Gasteiger partial charge on any atom is -0.494 e. The van der Waals surface area contributed by atoms with Gasteiger partial charge in [0.25, 0.3) is 0 Å². The Morgan fingerprint density at radius 2 is 1.85 bits per heavy atom. The van der Waals surface area contributed by atoms with Crippen molar-refractivity contribution in [2.75, 3.05) is 11.9 Å². The second kappa shape index (κ2) is 12.0. The average Bonchev–Trinajstić information content (AvgIpc) is 3.45. The number of aromatic amines is 1. The van der Waals surface area contributed by atoms with Crippen LogP contribution in [0, 0.1) is 11.2 Å². The van der Waals surface area contributed by atoms with Gasteiger partial charge >= 0.3 is 0 Å². The number of H-pyrrole nitrogens is 1. The van der Waals surface area contributed by atoms with Crippen LogP contribution in [0.4, 0.5) is 10.1 Å². The van der Waals surface area contributed by atoms with Gasteiger partial charge < -0.3 is 25.5 Å². The fourth-order valence-electron chi connectivity index (χ4n) is 4.96. The molecule has 0 radical (unpaired) electrons. The molecule has 7 nitrogen and oxygen atoms in total. The highest BCUT2D eigenvalue weighted by Crippen LogP contribution is 2.37. The van der Waals surface area contributed by atoms with E-state index in [-0.39, 0.29) is 17.7 Å². The number of hydrogen-bond donors (Lipinski definition) is 4. The van der Waals surface area contributed by atoms with Crippen molar-refractivity contribution in [3.8, 4) is 22.8 Å². The van der Waals surface area contributed by atoms with Crippen LogP contribution in [0.3, 0.4) is 0 Å². The van der Waals surface area contributed by atoms with Crippen LogP contribution >= 0.6 is 0 Å². The molecule has 1 aliphatic rings. The second-order valence-corrected chi connectivity index (χ2v) is 9.75. The molecule has 5 rings (SSSR count). The van der Waals surface area contributed by atoms with Crippen molar-refractivity contribution in [2.45, 2.75) is 51.2 Å². The summed E-state index contributed by atoms with van der Waals surface area (Å²) in [4.78, 5) is 8.03. The lowest BCUT2D eigenvalue weighted by Crippen LogP contribution is -2.21. The number of imidazole rings is 1. The lowest BCUT2D eigenvalue weighted by Gasteiger charge is -2.26. The molecule has 1 atom stereocenters. The molecule has 39 heavy (non-hydrogen) atoms. The normalized spacial score (nSPS) is 14.5. The Morgan fingerprint density at radius 3 is 2.54 bits per heavy atom. The third kappa shape index (κ3) is 6.22. The van der Waals surface area contributed by atoms with E-state index in [1.165, 1.54) is 6.42 Å². The Labute approximate surface area is 228 Å². The molecule has 0 aliphatic heterocycles. The maximum Gasteiger partial charge on any atom is 0.171 e. The second-order valence-electron chi connectivity index (χ2n) is 9.75. The maximum absolute atomic E-state index is 16.3. The zero-order chi connectivity index (χ0) is 27.2. The molecule has 1 saturated carbocycles. The van der Waals surface area contributed by atoms with Crippen molar-refractivity contribution in [2.24, 2.45) is 5.73 Å². The number of aromatic nitrogens is 2. The van der Waals surface area contributed by atoms with E-state index in [0.717, 1.165) is 42.6 Å². The summed E-state index contributed by atoms with van der Waals surface area (Å²) in [6, 6.07) is 19.7. The summed E-state index contributed by atoms with van der Waals surface area (Å²) < 4.78 is 28.3. The van der Waals surface area contributed by atoms with Gasteiger partial charge in [0.05, 0.1) is 24.6 Å². The smallest absolute Gasteiger partial charge is 0.171 e. The molecule has 4 aromatic rings. The maximum atomic E-state index is 16.3. The molecule has 202 valence electrons. The SMILES string of the molecule is CCOc1cc(OC2CCCCC2)c(F)c(C(Nc2ccc(C(=N)N)cc2)c2ncc(-c3ccccc3)[nH]2)c1. The largest absolute Gasteiger partial charge is 0.494 e. The van der Waals surface area contributed by atoms with Crippen LogP contribution in [0.25, 0.3) is 11.3 Å². The minimum atomic E-state index is -0.681. The third-order valence-electron chi connectivity index (χ3n) is 6.97. The van der Waals surface area contributed by atoms with Gasteiger partial charge in [-0.2, -0.15) is 0 Å². The van der Waals surface area contributed by atoms with E-state index in [4.69, 9.17) is 20.6 Å². The molecule has 3 aromatic carbocycles. The molecule has 1 aliphatic carbocycles.